The number of pyridine rings is 1. The van der Waals surface area contributed by atoms with E-state index in [-0.39, 0.29) is 42.4 Å². The summed E-state index contributed by atoms with van der Waals surface area (Å²) in [5.74, 6) is -0.00606. The molecule has 1 aliphatic rings. The van der Waals surface area contributed by atoms with Gasteiger partial charge in [-0.1, -0.05) is 19.1 Å². The maximum Gasteiger partial charge on any atom is 0.259 e. The number of ether oxygens (including phenoxy) is 1. The summed E-state index contributed by atoms with van der Waals surface area (Å²) < 4.78 is 6.16. The first-order chi connectivity index (χ1) is 15.3. The van der Waals surface area contributed by atoms with E-state index in [0.29, 0.717) is 29.8 Å². The molecule has 2 amide bonds. The van der Waals surface area contributed by atoms with Crippen molar-refractivity contribution in [2.75, 3.05) is 40.8 Å². The van der Waals surface area contributed by atoms with Crippen LogP contribution in [0, 0.1) is 5.92 Å². The summed E-state index contributed by atoms with van der Waals surface area (Å²) >= 11 is 0. The first-order valence-corrected chi connectivity index (χ1v) is 10.8. The Labute approximate surface area is 189 Å². The van der Waals surface area contributed by atoms with Crippen LogP contribution in [0.3, 0.4) is 0 Å². The Morgan fingerprint density at radius 2 is 2.09 bits per heavy atom. The van der Waals surface area contributed by atoms with Crippen molar-refractivity contribution in [3.05, 3.63) is 47.7 Å². The molecular weight excluding hydrogens is 408 g/mol. The average Bonchev–Trinajstić information content (AvgIpc) is 2.80. The zero-order valence-electron chi connectivity index (χ0n) is 19.3. The van der Waals surface area contributed by atoms with Gasteiger partial charge < -0.3 is 25.0 Å². The number of nitrogens with one attached hydrogen (secondary N) is 1. The van der Waals surface area contributed by atoms with Gasteiger partial charge in [0.2, 0.25) is 5.88 Å². The van der Waals surface area contributed by atoms with Crippen LogP contribution in [0.5, 0.6) is 5.88 Å². The molecule has 8 heteroatoms. The SMILES string of the molecule is CNC[C@H]1Oc2ncc(-c3cccc(C(=O)N(C)C)c3)cc2C(=O)N([C@H](C)CO)C[C@H]1C. The number of aliphatic hydroxyl groups excluding tert-OH is 1. The number of carbonyl (C=O) groups is 2. The van der Waals surface area contributed by atoms with Crippen LogP contribution in [0.1, 0.15) is 34.6 Å². The molecule has 0 saturated heterocycles. The highest BCUT2D eigenvalue weighted by atomic mass is 16.5. The molecule has 0 fully saturated rings. The average molecular weight is 441 g/mol. The van der Waals surface area contributed by atoms with Crippen LogP contribution in [0.2, 0.25) is 0 Å². The second-order valence-corrected chi connectivity index (χ2v) is 8.54. The van der Waals surface area contributed by atoms with Crippen LogP contribution in [-0.2, 0) is 0 Å². The third-order valence-electron chi connectivity index (χ3n) is 5.78. The van der Waals surface area contributed by atoms with E-state index in [9.17, 15) is 14.7 Å². The molecule has 2 N–H and O–H groups in total. The Kier molecular flexibility index (Phi) is 7.48. The highest BCUT2D eigenvalue weighted by Gasteiger charge is 2.33. The number of aromatic nitrogens is 1. The maximum atomic E-state index is 13.5. The molecule has 0 spiro atoms. The second-order valence-electron chi connectivity index (χ2n) is 8.54. The van der Waals surface area contributed by atoms with Gasteiger partial charge in [0.15, 0.2) is 0 Å². The van der Waals surface area contributed by atoms with E-state index >= 15 is 0 Å². The number of fused-ring (bicyclic) bond motifs is 1. The second kappa shape index (κ2) is 10.1. The van der Waals surface area contributed by atoms with Gasteiger partial charge in [-0.3, -0.25) is 9.59 Å². The van der Waals surface area contributed by atoms with E-state index < -0.39 is 0 Å². The third-order valence-corrected chi connectivity index (χ3v) is 5.78. The predicted molar refractivity (Wildman–Crippen MR) is 123 cm³/mol. The minimum Gasteiger partial charge on any atom is -0.472 e. The molecule has 2 heterocycles. The monoisotopic (exact) mass is 440 g/mol. The molecular formula is C24H32N4O4. The highest BCUT2D eigenvalue weighted by Crippen LogP contribution is 2.30. The fourth-order valence-corrected chi connectivity index (χ4v) is 3.79. The van der Waals surface area contributed by atoms with Gasteiger partial charge in [0.05, 0.1) is 12.6 Å². The Morgan fingerprint density at radius 1 is 1.34 bits per heavy atom. The lowest BCUT2D eigenvalue weighted by Gasteiger charge is -2.36. The lowest BCUT2D eigenvalue weighted by atomic mass is 9.99. The lowest BCUT2D eigenvalue weighted by Crippen LogP contribution is -2.49. The van der Waals surface area contributed by atoms with Crippen molar-refractivity contribution >= 4 is 11.8 Å². The zero-order chi connectivity index (χ0) is 23.4. The molecule has 3 atom stereocenters. The molecule has 1 aliphatic heterocycles. The summed E-state index contributed by atoms with van der Waals surface area (Å²) in [5.41, 5.74) is 2.40. The molecule has 0 unspecified atom stereocenters. The highest BCUT2D eigenvalue weighted by molar-refractivity contribution is 5.98. The van der Waals surface area contributed by atoms with Gasteiger partial charge in [0.25, 0.3) is 11.8 Å². The topological polar surface area (TPSA) is 95.0 Å². The molecule has 8 nitrogen and oxygen atoms in total. The summed E-state index contributed by atoms with van der Waals surface area (Å²) in [7, 11) is 5.27. The summed E-state index contributed by atoms with van der Waals surface area (Å²) in [6.07, 6.45) is 1.48. The van der Waals surface area contributed by atoms with Crippen molar-refractivity contribution in [1.29, 1.82) is 0 Å². The normalized spacial score (nSPS) is 19.4. The molecule has 0 radical (unpaired) electrons. The molecule has 3 rings (SSSR count). The van der Waals surface area contributed by atoms with E-state index in [1.165, 1.54) is 4.90 Å². The number of benzene rings is 1. The number of nitrogens with zero attached hydrogens (tertiary/aromatic N) is 3. The molecule has 0 bridgehead atoms. The quantitative estimate of drug-likeness (QED) is 0.712. The zero-order valence-corrected chi connectivity index (χ0v) is 19.3. The number of rotatable bonds is 6. The van der Waals surface area contributed by atoms with Crippen LogP contribution in [0.15, 0.2) is 36.5 Å². The van der Waals surface area contributed by atoms with Gasteiger partial charge in [0.1, 0.15) is 11.7 Å². The van der Waals surface area contributed by atoms with Crippen molar-refractivity contribution in [2.45, 2.75) is 26.0 Å². The van der Waals surface area contributed by atoms with Crippen molar-refractivity contribution < 1.29 is 19.4 Å². The first-order valence-electron chi connectivity index (χ1n) is 10.8. The summed E-state index contributed by atoms with van der Waals surface area (Å²) in [6.45, 7) is 4.79. The Hall–Kier alpha value is -2.97. The third kappa shape index (κ3) is 4.92. The van der Waals surface area contributed by atoms with E-state index in [4.69, 9.17) is 4.74 Å². The minimum absolute atomic E-state index is 0.0451. The van der Waals surface area contributed by atoms with Crippen molar-refractivity contribution in [2.24, 2.45) is 5.92 Å². The lowest BCUT2D eigenvalue weighted by molar-refractivity contribution is 0.0404. The first kappa shape index (κ1) is 23.7. The number of amides is 2. The number of carbonyl (C=O) groups excluding carboxylic acids is 2. The van der Waals surface area contributed by atoms with Crippen LogP contribution in [-0.4, -0.2) is 84.7 Å². The van der Waals surface area contributed by atoms with Crippen molar-refractivity contribution in [3.8, 4) is 17.0 Å². The molecule has 1 aromatic heterocycles. The molecule has 172 valence electrons. The van der Waals surface area contributed by atoms with E-state index in [2.05, 4.69) is 10.3 Å². The standard InChI is InChI=1S/C24H32N4O4/c1-15-13-28(16(2)14-29)24(31)20-10-19(11-26-22(20)32-21(15)12-25-3)17-7-6-8-18(9-17)23(30)27(4)5/h6-11,15-16,21,25,29H,12-14H2,1-5H3/t15-,16-,21-/m1/s1. The Morgan fingerprint density at radius 3 is 2.75 bits per heavy atom. The molecule has 1 aromatic carbocycles. The number of hydrogen-bond donors (Lipinski definition) is 2. The van der Waals surface area contributed by atoms with E-state index in [1.807, 2.05) is 33.0 Å². The van der Waals surface area contributed by atoms with Crippen molar-refractivity contribution in [3.63, 3.8) is 0 Å². The van der Waals surface area contributed by atoms with Crippen molar-refractivity contribution in [1.82, 2.24) is 20.1 Å². The van der Waals surface area contributed by atoms with E-state index in [0.717, 1.165) is 5.56 Å². The fraction of sp³-hybridized carbons (Fsp3) is 0.458. The molecule has 0 saturated carbocycles. The Bertz CT molecular complexity index is 978. The molecule has 0 aliphatic carbocycles. The number of likely N-dealkylation sites (N-methyl/N-ethyl adjacent to an activating group) is 1. The van der Waals surface area contributed by atoms with Crippen LogP contribution >= 0.6 is 0 Å². The summed E-state index contributed by atoms with van der Waals surface area (Å²) in [4.78, 5) is 33.5. The smallest absolute Gasteiger partial charge is 0.259 e. The Balaban J connectivity index is 2.07. The molecule has 32 heavy (non-hydrogen) atoms. The van der Waals surface area contributed by atoms with E-state index in [1.54, 1.807) is 43.4 Å². The minimum atomic E-state index is -0.337. The van der Waals surface area contributed by atoms with Gasteiger partial charge in [0, 0.05) is 50.4 Å². The van der Waals surface area contributed by atoms with Gasteiger partial charge in [-0.2, -0.15) is 0 Å². The van der Waals surface area contributed by atoms with Gasteiger partial charge >= 0.3 is 0 Å². The fourth-order valence-electron chi connectivity index (χ4n) is 3.79. The number of aliphatic hydroxyl groups is 1. The van der Waals surface area contributed by atoms with Crippen LogP contribution in [0.25, 0.3) is 11.1 Å². The summed E-state index contributed by atoms with van der Waals surface area (Å²) in [6, 6.07) is 8.66. The van der Waals surface area contributed by atoms with Gasteiger partial charge in [-0.15, -0.1) is 0 Å². The predicted octanol–water partition coefficient (Wildman–Crippen LogP) is 1.89. The van der Waals surface area contributed by atoms with Crippen LogP contribution < -0.4 is 10.1 Å². The van der Waals surface area contributed by atoms with Gasteiger partial charge in [-0.05, 0) is 37.7 Å². The van der Waals surface area contributed by atoms with Gasteiger partial charge in [-0.25, -0.2) is 4.98 Å². The summed E-state index contributed by atoms with van der Waals surface area (Å²) in [5, 5.41) is 12.9. The molecule has 2 aromatic rings. The maximum absolute atomic E-state index is 13.5. The van der Waals surface area contributed by atoms with Crippen LogP contribution in [0.4, 0.5) is 0 Å². The number of hydrogen-bond acceptors (Lipinski definition) is 6. The largest absolute Gasteiger partial charge is 0.472 e.